The molecule has 0 atom stereocenters. The number of ether oxygens (including phenoxy) is 6. The molecule has 5 aromatic rings. The van der Waals surface area contributed by atoms with Crippen LogP contribution in [0.4, 0.5) is 0 Å². The molecule has 44 heavy (non-hydrogen) atoms. The van der Waals surface area contributed by atoms with Gasteiger partial charge in [-0.15, -0.1) is 0 Å². The minimum atomic E-state index is 0.324. The molecule has 2 aliphatic heterocycles. The van der Waals surface area contributed by atoms with E-state index >= 15 is 0 Å². The Bertz CT molecular complexity index is 1560. The quantitative estimate of drug-likeness (QED) is 0.168. The molecule has 2 aliphatic rings. The highest BCUT2D eigenvalue weighted by Gasteiger charge is 2.31. The van der Waals surface area contributed by atoms with E-state index in [4.69, 9.17) is 28.4 Å². The van der Waals surface area contributed by atoms with Crippen molar-refractivity contribution in [3.63, 3.8) is 0 Å². The SMILES string of the molecule is CCCCOc1c2c(c(OCCCC)c3c1COc1cc4ccccc4cc1OC3)COc1cc3ccccc3cc1OC2. The van der Waals surface area contributed by atoms with E-state index in [1.165, 1.54) is 0 Å². The molecule has 2 heterocycles. The normalized spacial score (nSPS) is 13.7. The molecule has 7 rings (SSSR count). The molecule has 6 heteroatoms. The van der Waals surface area contributed by atoms with Gasteiger partial charge in [-0.1, -0.05) is 75.2 Å². The van der Waals surface area contributed by atoms with Crippen LogP contribution in [0, 0.1) is 0 Å². The monoisotopic (exact) mass is 590 g/mol. The molecule has 6 nitrogen and oxygen atoms in total. The van der Waals surface area contributed by atoms with Gasteiger partial charge in [-0.3, -0.25) is 0 Å². The van der Waals surface area contributed by atoms with Crippen LogP contribution in [0.1, 0.15) is 61.8 Å². The first-order valence-corrected chi connectivity index (χ1v) is 15.7. The molecular formula is C38H38O6. The number of hydrogen-bond donors (Lipinski definition) is 0. The molecule has 0 fully saturated rings. The summed E-state index contributed by atoms with van der Waals surface area (Å²) in [5, 5.41) is 4.42. The number of hydrogen-bond acceptors (Lipinski definition) is 6. The van der Waals surface area contributed by atoms with E-state index in [0.29, 0.717) is 39.6 Å². The van der Waals surface area contributed by atoms with Crippen LogP contribution in [0.3, 0.4) is 0 Å². The topological polar surface area (TPSA) is 55.4 Å². The Hall–Kier alpha value is -4.58. The van der Waals surface area contributed by atoms with E-state index < -0.39 is 0 Å². The molecular weight excluding hydrogens is 552 g/mol. The van der Waals surface area contributed by atoms with Crippen LogP contribution < -0.4 is 28.4 Å². The van der Waals surface area contributed by atoms with E-state index in [-0.39, 0.29) is 0 Å². The van der Waals surface area contributed by atoms with Crippen LogP contribution in [0.5, 0.6) is 34.5 Å². The van der Waals surface area contributed by atoms with E-state index in [1.54, 1.807) is 0 Å². The maximum atomic E-state index is 6.61. The lowest BCUT2D eigenvalue weighted by Gasteiger charge is -2.29. The summed E-state index contributed by atoms with van der Waals surface area (Å²) in [5.41, 5.74) is 3.75. The smallest absolute Gasteiger partial charge is 0.162 e. The fraction of sp³-hybridized carbons (Fsp3) is 0.316. The Labute approximate surface area is 258 Å². The number of unbranched alkanes of at least 4 members (excludes halogenated alkanes) is 2. The lowest BCUT2D eigenvalue weighted by Crippen LogP contribution is -2.20. The Morgan fingerprint density at radius 1 is 0.477 bits per heavy atom. The van der Waals surface area contributed by atoms with Crippen molar-refractivity contribution in [3.8, 4) is 34.5 Å². The standard InChI is InChI=1S/C38H38O6/c1-3-5-15-39-37-29-21-41-33-17-25-11-7-9-13-27(25)19-35(33)43-23-31(29)38(40-16-6-4-2)32-24-44-36-20-28-14-10-8-12-26(28)18-34(36)42-22-30(32)37/h7-14,17-20H,3-6,15-16,21-24H2,1-2H3. The average molecular weight is 591 g/mol. The van der Waals surface area contributed by atoms with Gasteiger partial charge in [-0.2, -0.15) is 0 Å². The first kappa shape index (κ1) is 28.2. The van der Waals surface area contributed by atoms with Gasteiger partial charge in [-0.25, -0.2) is 0 Å². The predicted octanol–water partition coefficient (Wildman–Crippen LogP) is 9.29. The fourth-order valence-electron chi connectivity index (χ4n) is 5.96. The summed E-state index contributed by atoms with van der Waals surface area (Å²) in [4.78, 5) is 0. The molecule has 0 saturated carbocycles. The van der Waals surface area contributed by atoms with Crippen molar-refractivity contribution in [1.29, 1.82) is 0 Å². The number of fused-ring (bicyclic) bond motifs is 6. The summed E-state index contributed by atoms with van der Waals surface area (Å²) < 4.78 is 39.3. The van der Waals surface area contributed by atoms with Gasteiger partial charge in [-0.05, 0) is 58.7 Å². The molecule has 0 radical (unpaired) electrons. The third kappa shape index (κ3) is 5.45. The molecule has 0 spiro atoms. The fourth-order valence-corrected chi connectivity index (χ4v) is 5.96. The lowest BCUT2D eigenvalue weighted by atomic mass is 9.95. The average Bonchev–Trinajstić information content (AvgIpc) is 3.03. The molecule has 0 unspecified atom stereocenters. The second-order valence-electron chi connectivity index (χ2n) is 11.4. The van der Waals surface area contributed by atoms with Crippen LogP contribution in [0.15, 0.2) is 72.8 Å². The zero-order chi connectivity index (χ0) is 29.9. The summed E-state index contributed by atoms with van der Waals surface area (Å²) >= 11 is 0. The summed E-state index contributed by atoms with van der Waals surface area (Å²) in [7, 11) is 0. The molecule has 0 bridgehead atoms. The summed E-state index contributed by atoms with van der Waals surface area (Å²) in [6.45, 7) is 6.82. The Morgan fingerprint density at radius 3 is 1.05 bits per heavy atom. The first-order valence-electron chi connectivity index (χ1n) is 15.7. The third-order valence-electron chi connectivity index (χ3n) is 8.43. The summed E-state index contributed by atoms with van der Waals surface area (Å²) in [6.07, 6.45) is 3.94. The van der Waals surface area contributed by atoms with Gasteiger partial charge in [0.1, 0.15) is 37.9 Å². The molecule has 0 aromatic heterocycles. The Morgan fingerprint density at radius 2 is 0.773 bits per heavy atom. The maximum absolute atomic E-state index is 6.61. The van der Waals surface area contributed by atoms with Gasteiger partial charge >= 0.3 is 0 Å². The van der Waals surface area contributed by atoms with Gasteiger partial charge in [0.15, 0.2) is 23.0 Å². The van der Waals surface area contributed by atoms with Crippen molar-refractivity contribution in [3.05, 3.63) is 95.1 Å². The van der Waals surface area contributed by atoms with Gasteiger partial charge in [0.2, 0.25) is 0 Å². The van der Waals surface area contributed by atoms with E-state index in [2.05, 4.69) is 62.4 Å². The van der Waals surface area contributed by atoms with E-state index in [9.17, 15) is 0 Å². The molecule has 0 saturated heterocycles. The first-order chi connectivity index (χ1) is 21.7. The van der Waals surface area contributed by atoms with Crippen LogP contribution in [0.25, 0.3) is 21.5 Å². The molecule has 0 aliphatic carbocycles. The lowest BCUT2D eigenvalue weighted by molar-refractivity contribution is 0.202. The van der Waals surface area contributed by atoms with Crippen molar-refractivity contribution in [2.24, 2.45) is 0 Å². The molecule has 226 valence electrons. The number of rotatable bonds is 8. The van der Waals surface area contributed by atoms with Crippen LogP contribution in [-0.2, 0) is 26.4 Å². The van der Waals surface area contributed by atoms with Crippen LogP contribution in [-0.4, -0.2) is 13.2 Å². The molecule has 0 N–H and O–H groups in total. The van der Waals surface area contributed by atoms with Gasteiger partial charge in [0.05, 0.1) is 13.2 Å². The van der Waals surface area contributed by atoms with Crippen LogP contribution in [0.2, 0.25) is 0 Å². The van der Waals surface area contributed by atoms with Crippen molar-refractivity contribution in [2.45, 2.75) is 66.0 Å². The Balaban J connectivity index is 1.34. The highest BCUT2D eigenvalue weighted by atomic mass is 16.5. The third-order valence-corrected chi connectivity index (χ3v) is 8.43. The second-order valence-corrected chi connectivity index (χ2v) is 11.4. The van der Waals surface area contributed by atoms with E-state index in [0.717, 1.165) is 104 Å². The van der Waals surface area contributed by atoms with E-state index in [1.807, 2.05) is 24.3 Å². The summed E-state index contributed by atoms with van der Waals surface area (Å²) in [5.74, 6) is 4.44. The molecule has 5 aromatic carbocycles. The van der Waals surface area contributed by atoms with Crippen molar-refractivity contribution in [2.75, 3.05) is 13.2 Å². The minimum Gasteiger partial charge on any atom is -0.493 e. The second kappa shape index (κ2) is 12.6. The van der Waals surface area contributed by atoms with Crippen molar-refractivity contribution < 1.29 is 28.4 Å². The zero-order valence-corrected chi connectivity index (χ0v) is 25.4. The largest absolute Gasteiger partial charge is 0.493 e. The van der Waals surface area contributed by atoms with Crippen molar-refractivity contribution in [1.82, 2.24) is 0 Å². The van der Waals surface area contributed by atoms with Crippen LogP contribution >= 0.6 is 0 Å². The highest BCUT2D eigenvalue weighted by molar-refractivity contribution is 5.87. The Kier molecular flexibility index (Phi) is 8.06. The van der Waals surface area contributed by atoms with Crippen molar-refractivity contribution >= 4 is 21.5 Å². The molecule has 0 amide bonds. The predicted molar refractivity (Wildman–Crippen MR) is 172 cm³/mol. The zero-order valence-electron chi connectivity index (χ0n) is 25.4. The maximum Gasteiger partial charge on any atom is 0.162 e. The highest BCUT2D eigenvalue weighted by Crippen LogP contribution is 2.46. The summed E-state index contributed by atoms with van der Waals surface area (Å²) in [6, 6.07) is 24.7. The van der Waals surface area contributed by atoms with Gasteiger partial charge in [0, 0.05) is 22.3 Å². The minimum absolute atomic E-state index is 0.324. The van der Waals surface area contributed by atoms with Gasteiger partial charge in [0.25, 0.3) is 0 Å². The number of benzene rings is 5. The van der Waals surface area contributed by atoms with Gasteiger partial charge < -0.3 is 28.4 Å².